The van der Waals surface area contributed by atoms with Crippen LogP contribution in [0.3, 0.4) is 0 Å². The van der Waals surface area contributed by atoms with E-state index < -0.39 is 0 Å². The van der Waals surface area contributed by atoms with Gasteiger partial charge >= 0.3 is 0 Å². The molecule has 2 rings (SSSR count). The first-order valence-electron chi connectivity index (χ1n) is 5.82. The molecule has 1 N–H and O–H groups in total. The molecule has 0 radical (unpaired) electrons. The van der Waals surface area contributed by atoms with Gasteiger partial charge in [-0.1, -0.05) is 29.3 Å². The van der Waals surface area contributed by atoms with Gasteiger partial charge in [-0.2, -0.15) is 0 Å². The van der Waals surface area contributed by atoms with Crippen LogP contribution in [-0.4, -0.2) is 12.1 Å². The fraction of sp³-hybridized carbons (Fsp3) is 0.214. The third kappa shape index (κ3) is 3.83. The van der Waals surface area contributed by atoms with Crippen LogP contribution in [-0.2, 0) is 13.1 Å². The van der Waals surface area contributed by atoms with Crippen molar-refractivity contribution >= 4 is 23.2 Å². The molecule has 5 heteroatoms. The number of aromatic nitrogens is 1. The summed E-state index contributed by atoms with van der Waals surface area (Å²) in [6, 6.07) is 7.45. The van der Waals surface area contributed by atoms with E-state index in [1.165, 1.54) is 0 Å². The lowest BCUT2D eigenvalue weighted by Crippen LogP contribution is -2.13. The summed E-state index contributed by atoms with van der Waals surface area (Å²) in [4.78, 5) is 4.07. The first-order chi connectivity index (χ1) is 9.20. The summed E-state index contributed by atoms with van der Waals surface area (Å²) in [5.41, 5.74) is 2.05. The van der Waals surface area contributed by atoms with Crippen LogP contribution in [0.25, 0.3) is 0 Å². The molecule has 0 atom stereocenters. The second-order valence-corrected chi connectivity index (χ2v) is 4.89. The maximum atomic E-state index is 6.08. The first-order valence-corrected chi connectivity index (χ1v) is 6.58. The monoisotopic (exact) mass is 296 g/mol. The van der Waals surface area contributed by atoms with Crippen LogP contribution >= 0.6 is 23.2 Å². The van der Waals surface area contributed by atoms with Gasteiger partial charge in [-0.15, -0.1) is 0 Å². The molecule has 0 saturated heterocycles. The van der Waals surface area contributed by atoms with Gasteiger partial charge in [-0.3, -0.25) is 4.98 Å². The van der Waals surface area contributed by atoms with Crippen molar-refractivity contribution < 1.29 is 4.74 Å². The van der Waals surface area contributed by atoms with Crippen molar-refractivity contribution in [3.63, 3.8) is 0 Å². The van der Waals surface area contributed by atoms with Gasteiger partial charge in [0.2, 0.25) is 0 Å². The molecule has 3 nitrogen and oxygen atoms in total. The second kappa shape index (κ2) is 6.75. The third-order valence-corrected chi connectivity index (χ3v) is 3.16. The first kappa shape index (κ1) is 14.1. The van der Waals surface area contributed by atoms with Crippen LogP contribution in [0.15, 0.2) is 36.7 Å². The van der Waals surface area contributed by atoms with Crippen molar-refractivity contribution in [1.82, 2.24) is 10.3 Å². The number of nitrogens with zero attached hydrogens (tertiary/aromatic N) is 1. The second-order valence-electron chi connectivity index (χ2n) is 4.04. The largest absolute Gasteiger partial charge is 0.495 e. The number of methoxy groups -OCH3 is 1. The Bertz CT molecular complexity index is 547. The zero-order chi connectivity index (χ0) is 13.7. The lowest BCUT2D eigenvalue weighted by Gasteiger charge is -2.12. The molecule has 1 heterocycles. The number of benzene rings is 1. The predicted octanol–water partition coefficient (Wildman–Crippen LogP) is 3.69. The zero-order valence-corrected chi connectivity index (χ0v) is 12.0. The van der Waals surface area contributed by atoms with Gasteiger partial charge in [0.15, 0.2) is 0 Å². The molecule has 0 aliphatic heterocycles. The van der Waals surface area contributed by atoms with E-state index in [1.807, 2.05) is 24.4 Å². The molecule has 0 unspecified atom stereocenters. The van der Waals surface area contributed by atoms with E-state index in [9.17, 15) is 0 Å². The van der Waals surface area contributed by atoms with E-state index in [0.717, 1.165) is 17.7 Å². The molecule has 0 aliphatic carbocycles. The zero-order valence-electron chi connectivity index (χ0n) is 10.5. The summed E-state index contributed by atoms with van der Waals surface area (Å²) in [6.45, 7) is 1.35. The molecule has 19 heavy (non-hydrogen) atoms. The molecule has 100 valence electrons. The van der Waals surface area contributed by atoms with Gasteiger partial charge in [-0.05, 0) is 23.8 Å². The van der Waals surface area contributed by atoms with E-state index in [4.69, 9.17) is 27.9 Å². The number of hydrogen-bond acceptors (Lipinski definition) is 3. The highest BCUT2D eigenvalue weighted by molar-refractivity contribution is 6.35. The Balaban J connectivity index is 2.03. The van der Waals surface area contributed by atoms with Crippen molar-refractivity contribution in [2.75, 3.05) is 7.11 Å². The summed E-state index contributed by atoms with van der Waals surface area (Å²) in [6.07, 6.45) is 3.58. The van der Waals surface area contributed by atoms with Crippen molar-refractivity contribution in [3.05, 3.63) is 57.8 Å². The smallest absolute Gasteiger partial charge is 0.142 e. The lowest BCUT2D eigenvalue weighted by molar-refractivity contribution is 0.408. The predicted molar refractivity (Wildman–Crippen MR) is 77.8 cm³/mol. The molecule has 1 aromatic heterocycles. The minimum absolute atomic E-state index is 0.521. The summed E-state index contributed by atoms with van der Waals surface area (Å²) >= 11 is 12.1. The lowest BCUT2D eigenvalue weighted by atomic mass is 10.2. The highest BCUT2D eigenvalue weighted by atomic mass is 35.5. The van der Waals surface area contributed by atoms with Crippen LogP contribution in [0, 0.1) is 0 Å². The minimum Gasteiger partial charge on any atom is -0.495 e. The van der Waals surface area contributed by atoms with Crippen LogP contribution in [0.4, 0.5) is 0 Å². The third-order valence-electron chi connectivity index (χ3n) is 2.66. The van der Waals surface area contributed by atoms with Crippen molar-refractivity contribution in [2.45, 2.75) is 13.1 Å². The Morgan fingerprint density at radius 3 is 2.79 bits per heavy atom. The van der Waals surface area contributed by atoms with Gasteiger partial charge in [0, 0.05) is 36.1 Å². The van der Waals surface area contributed by atoms with Gasteiger partial charge in [0.1, 0.15) is 5.75 Å². The summed E-state index contributed by atoms with van der Waals surface area (Å²) < 4.78 is 5.29. The van der Waals surface area contributed by atoms with Gasteiger partial charge in [-0.25, -0.2) is 0 Å². The number of hydrogen-bond donors (Lipinski definition) is 1. The van der Waals surface area contributed by atoms with Gasteiger partial charge in [0.05, 0.1) is 12.1 Å². The molecule has 0 amide bonds. The Hall–Kier alpha value is -1.29. The summed E-state index contributed by atoms with van der Waals surface area (Å²) in [5.74, 6) is 0.657. The molecule has 0 aliphatic rings. The summed E-state index contributed by atoms with van der Waals surface area (Å²) in [7, 11) is 1.60. The summed E-state index contributed by atoms with van der Waals surface area (Å²) in [5, 5.41) is 4.43. The Labute approximate surface area is 122 Å². The van der Waals surface area contributed by atoms with Gasteiger partial charge < -0.3 is 10.1 Å². The van der Waals surface area contributed by atoms with Crippen LogP contribution < -0.4 is 10.1 Å². The fourth-order valence-electron chi connectivity index (χ4n) is 1.82. The topological polar surface area (TPSA) is 34.1 Å². The van der Waals surface area contributed by atoms with E-state index in [0.29, 0.717) is 22.3 Å². The highest BCUT2D eigenvalue weighted by Gasteiger charge is 2.09. The normalized spacial score (nSPS) is 10.5. The highest BCUT2D eigenvalue weighted by Crippen LogP contribution is 2.32. The van der Waals surface area contributed by atoms with E-state index in [2.05, 4.69) is 10.3 Å². The minimum atomic E-state index is 0.521. The average Bonchev–Trinajstić information content (AvgIpc) is 2.39. The molecule has 0 bridgehead atoms. The van der Waals surface area contributed by atoms with E-state index in [1.54, 1.807) is 19.4 Å². The Morgan fingerprint density at radius 2 is 2.11 bits per heavy atom. The SMILES string of the molecule is COc1c(Cl)cc(Cl)cc1CNCc1cccnc1. The molecule has 0 saturated carbocycles. The maximum Gasteiger partial charge on any atom is 0.142 e. The van der Waals surface area contributed by atoms with Crippen LogP contribution in [0.1, 0.15) is 11.1 Å². The quantitative estimate of drug-likeness (QED) is 0.914. The van der Waals surface area contributed by atoms with Crippen LogP contribution in [0.5, 0.6) is 5.75 Å². The standard InChI is InChI=1S/C14H14Cl2N2O/c1-19-14-11(5-12(15)6-13(14)16)9-18-8-10-3-2-4-17-7-10/h2-7,18H,8-9H2,1H3. The average molecular weight is 297 g/mol. The molecule has 1 aromatic carbocycles. The number of ether oxygens (including phenoxy) is 1. The Kier molecular flexibility index (Phi) is 5.02. The Morgan fingerprint density at radius 1 is 1.26 bits per heavy atom. The number of nitrogens with one attached hydrogen (secondary N) is 1. The van der Waals surface area contributed by atoms with Crippen LogP contribution in [0.2, 0.25) is 10.0 Å². The molecule has 0 fully saturated rings. The molecule has 2 aromatic rings. The molecular weight excluding hydrogens is 283 g/mol. The van der Waals surface area contributed by atoms with Crippen molar-refractivity contribution in [2.24, 2.45) is 0 Å². The van der Waals surface area contributed by atoms with Gasteiger partial charge in [0.25, 0.3) is 0 Å². The molecule has 0 spiro atoms. The molecular formula is C14H14Cl2N2O. The number of rotatable bonds is 5. The maximum absolute atomic E-state index is 6.08. The van der Waals surface area contributed by atoms with E-state index in [-0.39, 0.29) is 0 Å². The van der Waals surface area contributed by atoms with Crippen molar-refractivity contribution in [3.8, 4) is 5.75 Å². The van der Waals surface area contributed by atoms with E-state index >= 15 is 0 Å². The fourth-order valence-corrected chi connectivity index (χ4v) is 2.43. The number of halogens is 2. The van der Waals surface area contributed by atoms with Crippen molar-refractivity contribution in [1.29, 1.82) is 0 Å². The number of pyridine rings is 1.